The van der Waals surface area contributed by atoms with Crippen molar-refractivity contribution in [1.82, 2.24) is 14.4 Å². The number of nitro groups is 1. The van der Waals surface area contributed by atoms with Crippen LogP contribution in [0.15, 0.2) is 6.20 Å². The van der Waals surface area contributed by atoms with Gasteiger partial charge in [0, 0.05) is 0 Å². The third kappa shape index (κ3) is 1.37. The quantitative estimate of drug-likeness (QED) is 0.604. The lowest BCUT2D eigenvalue weighted by molar-refractivity contribution is -0.391. The third-order valence-electron chi connectivity index (χ3n) is 2.40. The van der Waals surface area contributed by atoms with Gasteiger partial charge in [0.1, 0.15) is 11.9 Å². The van der Waals surface area contributed by atoms with Crippen LogP contribution in [-0.2, 0) is 6.42 Å². The van der Waals surface area contributed by atoms with Gasteiger partial charge < -0.3 is 15.8 Å². The Morgan fingerprint density at radius 3 is 2.81 bits per heavy atom. The number of anilines is 1. The molecule has 0 saturated carbocycles. The van der Waals surface area contributed by atoms with Crippen LogP contribution in [0.5, 0.6) is 0 Å². The van der Waals surface area contributed by atoms with E-state index in [9.17, 15) is 10.1 Å². The van der Waals surface area contributed by atoms with Gasteiger partial charge in [0.2, 0.25) is 0 Å². The molecule has 0 fully saturated rings. The van der Waals surface area contributed by atoms with Crippen molar-refractivity contribution in [3.05, 3.63) is 27.7 Å². The van der Waals surface area contributed by atoms with Crippen molar-refractivity contribution < 1.29 is 4.92 Å². The number of nitrogens with zero attached hydrogens (tertiary/aromatic N) is 4. The zero-order chi connectivity index (χ0) is 11.9. The second-order valence-corrected chi connectivity index (χ2v) is 3.44. The van der Waals surface area contributed by atoms with Crippen molar-refractivity contribution >= 4 is 17.3 Å². The molecule has 0 radical (unpaired) electrons. The largest absolute Gasteiger partial charge is 0.394 e. The van der Waals surface area contributed by atoms with Gasteiger partial charge in [0.15, 0.2) is 0 Å². The van der Waals surface area contributed by atoms with E-state index < -0.39 is 4.92 Å². The highest BCUT2D eigenvalue weighted by atomic mass is 16.6. The Balaban J connectivity index is 2.84. The normalized spacial score (nSPS) is 10.9. The average molecular weight is 221 g/mol. The number of imidazole rings is 1. The van der Waals surface area contributed by atoms with Gasteiger partial charge in [-0.3, -0.25) is 0 Å². The lowest BCUT2D eigenvalue weighted by Crippen LogP contribution is -2.01. The van der Waals surface area contributed by atoms with E-state index in [0.29, 0.717) is 29.3 Å². The molecule has 0 atom stereocenters. The van der Waals surface area contributed by atoms with Crippen LogP contribution < -0.4 is 5.73 Å². The van der Waals surface area contributed by atoms with Crippen LogP contribution in [0, 0.1) is 17.0 Å². The Kier molecular flexibility index (Phi) is 2.22. The molecule has 0 saturated heterocycles. The maximum atomic E-state index is 10.9. The van der Waals surface area contributed by atoms with Crippen LogP contribution in [0.25, 0.3) is 5.78 Å². The van der Waals surface area contributed by atoms with Crippen LogP contribution in [0.4, 0.5) is 11.5 Å². The maximum absolute atomic E-state index is 10.9. The van der Waals surface area contributed by atoms with Crippen LogP contribution in [0.3, 0.4) is 0 Å². The van der Waals surface area contributed by atoms with Gasteiger partial charge in [0.25, 0.3) is 0 Å². The molecule has 0 unspecified atom stereocenters. The van der Waals surface area contributed by atoms with E-state index in [-0.39, 0.29) is 5.82 Å². The molecule has 7 nitrogen and oxygen atoms in total. The van der Waals surface area contributed by atoms with Crippen molar-refractivity contribution in [2.45, 2.75) is 20.3 Å². The summed E-state index contributed by atoms with van der Waals surface area (Å²) in [6.07, 6.45) is 1.97. The molecule has 0 aliphatic carbocycles. The topological polar surface area (TPSA) is 99.3 Å². The first kappa shape index (κ1) is 10.3. The van der Waals surface area contributed by atoms with Crippen LogP contribution in [0.1, 0.15) is 18.3 Å². The highest BCUT2D eigenvalue weighted by Crippen LogP contribution is 2.22. The standard InChI is InChI=1S/C9H11N5O2/c1-3-7-8(14(15)16)13-4-6(10)5(2)11-9(13)12-7/h4H,3,10H2,1-2H3. The zero-order valence-electron chi connectivity index (χ0n) is 8.97. The number of hydrogen-bond donors (Lipinski definition) is 1. The molecule has 2 aromatic rings. The van der Waals surface area contributed by atoms with Gasteiger partial charge in [0.05, 0.1) is 11.4 Å². The molecular weight excluding hydrogens is 210 g/mol. The molecule has 0 aromatic carbocycles. The predicted octanol–water partition coefficient (Wildman–Crippen LogP) is 1.09. The first-order valence-electron chi connectivity index (χ1n) is 4.83. The number of nitrogen functional groups attached to an aromatic ring is 1. The molecule has 0 bridgehead atoms. The van der Waals surface area contributed by atoms with Crippen molar-refractivity contribution in [2.75, 3.05) is 5.73 Å². The van der Waals surface area contributed by atoms with E-state index in [1.807, 2.05) is 6.92 Å². The summed E-state index contributed by atoms with van der Waals surface area (Å²) >= 11 is 0. The molecule has 84 valence electrons. The minimum atomic E-state index is -0.463. The van der Waals surface area contributed by atoms with Gasteiger partial charge in [-0.15, -0.1) is 0 Å². The molecule has 16 heavy (non-hydrogen) atoms. The summed E-state index contributed by atoms with van der Waals surface area (Å²) in [5, 5.41) is 10.9. The molecule has 0 amide bonds. The number of nitrogens with two attached hydrogens (primary N) is 1. The van der Waals surface area contributed by atoms with Crippen molar-refractivity contribution in [3.8, 4) is 0 Å². The van der Waals surface area contributed by atoms with Crippen molar-refractivity contribution in [1.29, 1.82) is 0 Å². The summed E-state index contributed by atoms with van der Waals surface area (Å²) in [4.78, 5) is 18.7. The Hall–Kier alpha value is -2.18. The van der Waals surface area contributed by atoms with E-state index in [1.165, 1.54) is 10.6 Å². The maximum Gasteiger partial charge on any atom is 0.352 e. The first-order valence-corrected chi connectivity index (χ1v) is 4.83. The number of aryl methyl sites for hydroxylation is 2. The van der Waals surface area contributed by atoms with E-state index in [1.54, 1.807) is 6.92 Å². The van der Waals surface area contributed by atoms with Gasteiger partial charge in [-0.05, 0) is 18.3 Å². The van der Waals surface area contributed by atoms with Gasteiger partial charge >= 0.3 is 11.6 Å². The minimum absolute atomic E-state index is 0.0586. The lowest BCUT2D eigenvalue weighted by atomic mass is 10.3. The Labute approximate surface area is 91.1 Å². The summed E-state index contributed by atoms with van der Waals surface area (Å²) in [6.45, 7) is 3.55. The predicted molar refractivity (Wildman–Crippen MR) is 58.2 cm³/mol. The molecule has 0 spiro atoms. The van der Waals surface area contributed by atoms with Crippen LogP contribution in [-0.4, -0.2) is 19.3 Å². The second kappa shape index (κ2) is 3.44. The summed E-state index contributed by atoms with van der Waals surface area (Å²) in [6, 6.07) is 0. The van der Waals surface area contributed by atoms with Crippen LogP contribution >= 0.6 is 0 Å². The van der Waals surface area contributed by atoms with Crippen LogP contribution in [0.2, 0.25) is 0 Å². The summed E-state index contributed by atoms with van der Waals surface area (Å²) in [7, 11) is 0. The highest BCUT2D eigenvalue weighted by molar-refractivity contribution is 5.51. The van der Waals surface area contributed by atoms with Gasteiger partial charge in [-0.1, -0.05) is 6.92 Å². The molecule has 2 rings (SSSR count). The minimum Gasteiger partial charge on any atom is -0.394 e. The average Bonchev–Trinajstić information content (AvgIpc) is 2.56. The smallest absolute Gasteiger partial charge is 0.352 e. The van der Waals surface area contributed by atoms with Crippen molar-refractivity contribution in [3.63, 3.8) is 0 Å². The Morgan fingerprint density at radius 1 is 1.56 bits per heavy atom. The SMILES string of the molecule is CCc1nc2nc(C)c(N)cn2c1[N+](=O)[O-]. The fourth-order valence-corrected chi connectivity index (χ4v) is 1.53. The molecular formula is C9H11N5O2. The molecule has 7 heteroatoms. The monoisotopic (exact) mass is 221 g/mol. The Morgan fingerprint density at radius 2 is 2.25 bits per heavy atom. The number of aromatic nitrogens is 3. The summed E-state index contributed by atoms with van der Waals surface area (Å²) < 4.78 is 1.32. The molecule has 2 heterocycles. The molecule has 0 aliphatic rings. The number of rotatable bonds is 2. The van der Waals surface area contributed by atoms with E-state index >= 15 is 0 Å². The Bertz CT molecular complexity index is 575. The molecule has 2 N–H and O–H groups in total. The lowest BCUT2D eigenvalue weighted by Gasteiger charge is -1.97. The second-order valence-electron chi connectivity index (χ2n) is 3.44. The summed E-state index contributed by atoms with van der Waals surface area (Å²) in [5.41, 5.74) is 7.12. The zero-order valence-corrected chi connectivity index (χ0v) is 8.97. The van der Waals surface area contributed by atoms with E-state index in [0.717, 1.165) is 0 Å². The number of fused-ring (bicyclic) bond motifs is 1. The first-order chi connectivity index (χ1) is 7.54. The van der Waals surface area contributed by atoms with E-state index in [2.05, 4.69) is 9.97 Å². The van der Waals surface area contributed by atoms with E-state index in [4.69, 9.17) is 5.73 Å². The fraction of sp³-hybridized carbons (Fsp3) is 0.333. The molecule has 0 aliphatic heterocycles. The number of hydrogen-bond acceptors (Lipinski definition) is 5. The fourth-order valence-electron chi connectivity index (χ4n) is 1.53. The van der Waals surface area contributed by atoms with Crippen molar-refractivity contribution in [2.24, 2.45) is 0 Å². The van der Waals surface area contributed by atoms with Gasteiger partial charge in [-0.25, -0.2) is 0 Å². The molecule has 2 aromatic heterocycles. The highest BCUT2D eigenvalue weighted by Gasteiger charge is 2.22. The summed E-state index contributed by atoms with van der Waals surface area (Å²) in [5.74, 6) is 0.256. The third-order valence-corrected chi connectivity index (χ3v) is 2.40. The van der Waals surface area contributed by atoms with Gasteiger partial charge in [-0.2, -0.15) is 14.4 Å².